The first-order valence-corrected chi connectivity index (χ1v) is 34.4. The van der Waals surface area contributed by atoms with Crippen LogP contribution in [0.25, 0.3) is 10.8 Å². The molecule has 8 saturated heterocycles. The number of fused-ring (bicyclic) bond motifs is 9. The normalized spacial score (nSPS) is 35.6. The second-order valence-electron chi connectivity index (χ2n) is 22.3. The van der Waals surface area contributed by atoms with E-state index in [-0.39, 0.29) is 69.6 Å². The summed E-state index contributed by atoms with van der Waals surface area (Å²) >= 11 is 0. The largest absolute Gasteiger partial charge is 0.472 e. The molecule has 8 bridgehead atoms. The van der Waals surface area contributed by atoms with Gasteiger partial charge in [0, 0.05) is 99.4 Å². The second-order valence-corrected chi connectivity index (χ2v) is 28.7. The van der Waals surface area contributed by atoms with Crippen LogP contribution < -0.4 is 32.5 Å². The lowest BCUT2D eigenvalue weighted by Crippen LogP contribution is -2.52. The number of nitrogens with one attached hydrogen (secondary N) is 3. The summed E-state index contributed by atoms with van der Waals surface area (Å²) in [7, 11) is -6.04. The van der Waals surface area contributed by atoms with Crippen molar-refractivity contribution in [2.75, 3.05) is 110 Å². The molecule has 11 heterocycles. The average Bonchev–Trinajstić information content (AvgIpc) is 1.59. The minimum absolute atomic E-state index is 0.0662. The van der Waals surface area contributed by atoms with Gasteiger partial charge >= 0.3 is 36.8 Å². The molecular formula is C52H76N6O30P4. The third kappa shape index (κ3) is 14.8. The quantitative estimate of drug-likeness (QED) is 0.0499. The number of ether oxygens (including phenoxy) is 12. The van der Waals surface area contributed by atoms with E-state index < -0.39 is 126 Å². The summed E-state index contributed by atoms with van der Waals surface area (Å²) in [4.78, 5) is 89.0. The molecule has 8 aliphatic rings. The van der Waals surface area contributed by atoms with Crippen molar-refractivity contribution in [2.24, 2.45) is 0 Å². The van der Waals surface area contributed by atoms with Gasteiger partial charge in [-0.25, -0.2) is 33.2 Å². The number of aromatic nitrogens is 4. The van der Waals surface area contributed by atoms with E-state index in [1.165, 1.54) is 48.8 Å². The van der Waals surface area contributed by atoms with Crippen LogP contribution in [-0.4, -0.2) is 225 Å². The Morgan fingerprint density at radius 1 is 0.533 bits per heavy atom. The standard InChI is InChI=1S/C17H20NO8P.C13H19N2O7P.C12H18N3O8P.C10H19O7P/c1-22-9-17-10-24-13(14(17)26-27(20,21)23-2)16(25-17)18-8-7-11-5-3-4-6-12(11)15(18)19;1-19-7-13-8-21-10(11(13)14-23(17,18)20-2)12(22-13)15-6-4-3-5-9(15)16;1-20-5-12-6-22-8(9(12)14-24(18,19)21-2)10(23-12)15-4-3-7(16)13-11(15)17;1-7-8-9(17-18(11,12)14-3)10(16-7,6-13-2)4-5-15-8/h3-8,13-14,16H,9-10H2,1-2H3,(H,20,21);3-6,10-12H,7-8H2,1-2H3,(H2,14,17,18);3-4,8-10H,5-6H2,1-2H3,(H,13,16,17)(H2,14,18,19);7-9H,4-6H2,1-3H3,(H,11,12)/t13-,14-,16?,17-;10-,11+,12?,13+;8-,9+,10?,12+;7?,8-,9+,10-/m0111/s1. The number of benzene rings is 1. The second kappa shape index (κ2) is 29.0. The third-order valence-corrected chi connectivity index (χ3v) is 20.7. The Kier molecular flexibility index (Phi) is 22.8. The van der Waals surface area contributed by atoms with E-state index >= 15 is 0 Å². The van der Waals surface area contributed by atoms with Crippen LogP contribution in [0, 0.1) is 0 Å². The van der Waals surface area contributed by atoms with Crippen LogP contribution >= 0.6 is 31.1 Å². The molecular weight excluding hydrogens is 1310 g/mol. The molecule has 8 fully saturated rings. The first-order valence-electron chi connectivity index (χ1n) is 28.3. The highest BCUT2D eigenvalue weighted by Gasteiger charge is 2.67. The number of phosphoric acid groups is 2. The van der Waals surface area contributed by atoms with Gasteiger partial charge < -0.3 is 85.5 Å². The van der Waals surface area contributed by atoms with E-state index in [1.807, 2.05) is 19.1 Å². The van der Waals surface area contributed by atoms with Gasteiger partial charge in [-0.05, 0) is 30.5 Å². The Bertz CT molecular complexity index is 3670. The van der Waals surface area contributed by atoms with Crippen molar-refractivity contribution in [1.82, 2.24) is 28.9 Å². The van der Waals surface area contributed by atoms with Crippen molar-refractivity contribution in [1.29, 1.82) is 0 Å². The highest BCUT2D eigenvalue weighted by atomic mass is 31.2. The molecule has 1 aromatic carbocycles. The Balaban J connectivity index is 0.000000146. The number of hydrogen-bond donors (Lipinski definition) is 7. The molecule has 8 unspecified atom stereocenters. The predicted molar refractivity (Wildman–Crippen MR) is 314 cm³/mol. The lowest BCUT2D eigenvalue weighted by atomic mass is 9.90. The van der Waals surface area contributed by atoms with Crippen molar-refractivity contribution < 1.29 is 122 Å². The van der Waals surface area contributed by atoms with Gasteiger partial charge in [0.15, 0.2) is 18.7 Å². The summed E-state index contributed by atoms with van der Waals surface area (Å²) in [5.41, 5.74) is -5.62. The van der Waals surface area contributed by atoms with Gasteiger partial charge in [-0.15, -0.1) is 0 Å². The van der Waals surface area contributed by atoms with Gasteiger partial charge in [0.2, 0.25) is 0 Å². The number of pyridine rings is 2. The van der Waals surface area contributed by atoms with Crippen LogP contribution in [-0.2, 0) is 102 Å². The molecule has 20 atom stereocenters. The first-order chi connectivity index (χ1) is 43.6. The molecule has 8 aliphatic heterocycles. The number of H-pyrrole nitrogens is 1. The summed E-state index contributed by atoms with van der Waals surface area (Å²) in [6.45, 7) is 3.33. The molecule has 0 aliphatic carbocycles. The van der Waals surface area contributed by atoms with Gasteiger partial charge in [0.1, 0.15) is 59.0 Å². The van der Waals surface area contributed by atoms with E-state index in [1.54, 1.807) is 49.8 Å². The highest BCUT2D eigenvalue weighted by molar-refractivity contribution is 7.50. The van der Waals surface area contributed by atoms with Gasteiger partial charge in [-0.2, -0.15) is 0 Å². The van der Waals surface area contributed by atoms with Gasteiger partial charge in [-0.3, -0.25) is 51.2 Å². The van der Waals surface area contributed by atoms with Crippen LogP contribution in [0.1, 0.15) is 32.0 Å². The van der Waals surface area contributed by atoms with Crippen LogP contribution in [0.2, 0.25) is 0 Å². The lowest BCUT2D eigenvalue weighted by Gasteiger charge is -2.38. The predicted octanol–water partition coefficient (Wildman–Crippen LogP) is 0.578. The smallest absolute Gasteiger partial charge is 0.382 e. The third-order valence-electron chi connectivity index (χ3n) is 16.6. The molecule has 0 spiro atoms. The monoisotopic (exact) mass is 1390 g/mol. The number of rotatable bonds is 23. The van der Waals surface area contributed by atoms with Crippen molar-refractivity contribution in [3.8, 4) is 0 Å². The Morgan fingerprint density at radius 3 is 1.55 bits per heavy atom. The van der Waals surface area contributed by atoms with Gasteiger partial charge in [0.05, 0.1) is 71.0 Å². The topological polar surface area (TPSA) is 438 Å². The van der Waals surface area contributed by atoms with E-state index in [0.717, 1.165) is 38.4 Å². The number of phosphoric ester groups is 2. The fraction of sp³-hybridized carbons (Fsp3) is 0.654. The molecule has 4 aromatic rings. The van der Waals surface area contributed by atoms with Gasteiger partial charge in [-0.1, -0.05) is 24.3 Å². The molecule has 7 N–H and O–H groups in total. The molecule has 40 heteroatoms. The summed E-state index contributed by atoms with van der Waals surface area (Å²) in [5, 5.41) is 6.39. The van der Waals surface area contributed by atoms with Crippen molar-refractivity contribution in [3.05, 3.63) is 115 Å². The van der Waals surface area contributed by atoms with E-state index in [9.17, 15) is 57.0 Å². The molecule has 3 aromatic heterocycles. The van der Waals surface area contributed by atoms with Crippen LogP contribution in [0.4, 0.5) is 0 Å². The minimum atomic E-state index is -4.30. The van der Waals surface area contributed by atoms with Gasteiger partial charge in [0.25, 0.3) is 16.7 Å². The molecule has 36 nitrogen and oxygen atoms in total. The Labute approximate surface area is 524 Å². The van der Waals surface area contributed by atoms with E-state index in [2.05, 4.69) is 33.3 Å². The van der Waals surface area contributed by atoms with Crippen molar-refractivity contribution in [2.45, 2.75) is 109 Å². The fourth-order valence-corrected chi connectivity index (χ4v) is 15.5. The average molecular weight is 1390 g/mol. The minimum Gasteiger partial charge on any atom is -0.382 e. The van der Waals surface area contributed by atoms with Crippen LogP contribution in [0.15, 0.2) is 92.4 Å². The van der Waals surface area contributed by atoms with Crippen molar-refractivity contribution in [3.63, 3.8) is 0 Å². The first kappa shape index (κ1) is 72.3. The number of hydrogen-bond acceptors (Lipinski definition) is 26. The number of aromatic amines is 1. The molecule has 0 saturated carbocycles. The fourth-order valence-electron chi connectivity index (χ4n) is 12.5. The zero-order valence-corrected chi connectivity index (χ0v) is 54.8. The molecule has 514 valence electrons. The Hall–Kier alpha value is -3.98. The maximum Gasteiger partial charge on any atom is 0.472 e. The maximum absolute atomic E-state index is 12.9. The SMILES string of the molecule is COC[C@@]12CCO[C@H](C(C)O1)[C@@H]2OP(=O)(O)OC.COC[C@@]12CO[C@@H](C(n3ccc(=O)[nH]c3=O)O1)[C@@H]2NP(=O)(O)OC.COC[C@@]12CO[C@@H](C(n3ccccc3=O)O1)[C@@H]2NP(=O)(O)OC.COC[C@@]12CO[C@H](C(n3ccc4ccccc4c3=O)O1)[C@@H]2OP(=O)(O)OC. The Morgan fingerprint density at radius 2 is 1.01 bits per heavy atom. The summed E-state index contributed by atoms with van der Waals surface area (Å²) in [6, 6.07) is 13.5. The summed E-state index contributed by atoms with van der Waals surface area (Å²) in [5.74, 6) is 0. The van der Waals surface area contributed by atoms with E-state index in [4.69, 9.17) is 65.9 Å². The number of methoxy groups -OCH3 is 4. The van der Waals surface area contributed by atoms with Crippen molar-refractivity contribution >= 4 is 41.9 Å². The molecule has 0 amide bonds. The zero-order chi connectivity index (χ0) is 66.8. The van der Waals surface area contributed by atoms with Crippen LogP contribution in [0.3, 0.4) is 0 Å². The molecule has 92 heavy (non-hydrogen) atoms. The lowest BCUT2D eigenvalue weighted by molar-refractivity contribution is -0.190. The molecule has 12 rings (SSSR count). The highest BCUT2D eigenvalue weighted by Crippen LogP contribution is 2.56. The maximum atomic E-state index is 12.9. The summed E-state index contributed by atoms with van der Waals surface area (Å²) < 4.78 is 147. The van der Waals surface area contributed by atoms with Crippen LogP contribution in [0.5, 0.6) is 0 Å². The number of nitrogens with zero attached hydrogens (tertiary/aromatic N) is 3. The van der Waals surface area contributed by atoms with E-state index in [0.29, 0.717) is 18.4 Å². The molecule has 0 radical (unpaired) electrons. The zero-order valence-electron chi connectivity index (χ0n) is 51.3. The summed E-state index contributed by atoms with van der Waals surface area (Å²) in [6.07, 6.45) is -1.76.